The predicted molar refractivity (Wildman–Crippen MR) is 61.2 cm³/mol. The van der Waals surface area contributed by atoms with Crippen molar-refractivity contribution in [3.05, 3.63) is 0 Å². The average Bonchev–Trinajstić information content (AvgIpc) is 2.19. The van der Waals surface area contributed by atoms with Gasteiger partial charge in [-0.1, -0.05) is 0 Å². The number of nitrogens with one attached hydrogen (secondary N) is 1. The highest BCUT2D eigenvalue weighted by atomic mass is 32.2. The molecule has 1 atom stereocenters. The lowest BCUT2D eigenvalue weighted by Gasteiger charge is -2.30. The second kappa shape index (κ2) is 5.89. The van der Waals surface area contributed by atoms with Crippen molar-refractivity contribution in [3.8, 4) is 0 Å². The fourth-order valence-electron chi connectivity index (χ4n) is 1.94. The van der Waals surface area contributed by atoms with E-state index in [1.807, 2.05) is 11.8 Å². The fraction of sp³-hybridized carbons (Fsp3) is 1.00. The molecule has 1 rings (SSSR count). The van der Waals surface area contributed by atoms with Crippen molar-refractivity contribution in [2.75, 3.05) is 12.8 Å². The van der Waals surface area contributed by atoms with Crippen molar-refractivity contribution in [2.45, 2.75) is 49.9 Å². The van der Waals surface area contributed by atoms with Gasteiger partial charge in [0, 0.05) is 23.9 Å². The van der Waals surface area contributed by atoms with E-state index in [-0.39, 0.29) is 0 Å². The van der Waals surface area contributed by atoms with Crippen LogP contribution in [0.1, 0.15) is 32.6 Å². The standard InChI is InChI=1S/C10H22N2S/c1-8(7-11)12-9-3-5-10(13-2)6-4-9/h8-10,12H,3-7,11H2,1-2H3. The topological polar surface area (TPSA) is 38.0 Å². The molecule has 1 saturated carbocycles. The average molecular weight is 202 g/mol. The van der Waals surface area contributed by atoms with Gasteiger partial charge in [0.2, 0.25) is 0 Å². The molecule has 78 valence electrons. The minimum atomic E-state index is 0.482. The van der Waals surface area contributed by atoms with Gasteiger partial charge in [0.25, 0.3) is 0 Å². The molecule has 0 aromatic carbocycles. The number of hydrogen-bond acceptors (Lipinski definition) is 3. The van der Waals surface area contributed by atoms with Crippen molar-refractivity contribution in [1.29, 1.82) is 0 Å². The monoisotopic (exact) mass is 202 g/mol. The summed E-state index contributed by atoms with van der Waals surface area (Å²) in [4.78, 5) is 0. The van der Waals surface area contributed by atoms with Crippen molar-refractivity contribution in [3.63, 3.8) is 0 Å². The lowest BCUT2D eigenvalue weighted by Crippen LogP contribution is -2.42. The van der Waals surface area contributed by atoms with Crippen molar-refractivity contribution < 1.29 is 0 Å². The van der Waals surface area contributed by atoms with Crippen LogP contribution in [-0.2, 0) is 0 Å². The van der Waals surface area contributed by atoms with Gasteiger partial charge in [-0.3, -0.25) is 0 Å². The molecule has 0 bridgehead atoms. The molecule has 0 saturated heterocycles. The highest BCUT2D eigenvalue weighted by molar-refractivity contribution is 7.99. The van der Waals surface area contributed by atoms with Gasteiger partial charge in [-0.25, -0.2) is 0 Å². The fourth-order valence-corrected chi connectivity index (χ4v) is 2.68. The Morgan fingerprint density at radius 1 is 1.38 bits per heavy atom. The summed E-state index contributed by atoms with van der Waals surface area (Å²) >= 11 is 2.02. The Morgan fingerprint density at radius 3 is 2.46 bits per heavy atom. The second-order valence-corrected chi connectivity index (χ2v) is 5.15. The summed E-state index contributed by atoms with van der Waals surface area (Å²) in [6.07, 6.45) is 7.62. The Hall–Kier alpha value is 0.270. The van der Waals surface area contributed by atoms with Crippen molar-refractivity contribution in [2.24, 2.45) is 5.73 Å². The van der Waals surface area contributed by atoms with E-state index in [9.17, 15) is 0 Å². The third-order valence-electron chi connectivity index (χ3n) is 2.88. The first-order valence-electron chi connectivity index (χ1n) is 5.25. The molecule has 0 aliphatic heterocycles. The smallest absolute Gasteiger partial charge is 0.0164 e. The molecule has 0 heterocycles. The van der Waals surface area contributed by atoms with Gasteiger partial charge >= 0.3 is 0 Å². The molecule has 1 aliphatic rings. The minimum Gasteiger partial charge on any atom is -0.329 e. The zero-order valence-corrected chi connectivity index (χ0v) is 9.57. The Labute approximate surface area is 86.0 Å². The van der Waals surface area contributed by atoms with Crippen LogP contribution in [0.25, 0.3) is 0 Å². The molecule has 0 spiro atoms. The first kappa shape index (κ1) is 11.3. The van der Waals surface area contributed by atoms with Crippen LogP contribution in [0.5, 0.6) is 0 Å². The zero-order chi connectivity index (χ0) is 9.68. The molecule has 2 nitrogen and oxygen atoms in total. The Bertz CT molecular complexity index is 133. The maximum atomic E-state index is 5.58. The summed E-state index contributed by atoms with van der Waals surface area (Å²) in [5, 5.41) is 4.49. The molecule has 3 heteroatoms. The minimum absolute atomic E-state index is 0.482. The molecule has 1 aliphatic carbocycles. The summed E-state index contributed by atoms with van der Waals surface area (Å²) < 4.78 is 0. The van der Waals surface area contributed by atoms with Crippen LogP contribution >= 0.6 is 11.8 Å². The zero-order valence-electron chi connectivity index (χ0n) is 8.75. The van der Waals surface area contributed by atoms with Crippen molar-refractivity contribution >= 4 is 11.8 Å². The first-order chi connectivity index (χ1) is 6.26. The van der Waals surface area contributed by atoms with Gasteiger partial charge in [0.15, 0.2) is 0 Å². The maximum absolute atomic E-state index is 5.58. The molecular weight excluding hydrogens is 180 g/mol. The van der Waals surface area contributed by atoms with Crippen molar-refractivity contribution in [1.82, 2.24) is 5.32 Å². The Kier molecular flexibility index (Phi) is 5.14. The first-order valence-corrected chi connectivity index (χ1v) is 6.54. The molecule has 0 radical (unpaired) electrons. The SMILES string of the molecule is CSC1CCC(NC(C)CN)CC1. The predicted octanol–water partition coefficient (Wildman–Crippen LogP) is 1.60. The Morgan fingerprint density at radius 2 is 2.00 bits per heavy atom. The third kappa shape index (κ3) is 3.88. The molecule has 1 fully saturated rings. The molecule has 0 amide bonds. The van der Waals surface area contributed by atoms with Crippen LogP contribution in [0.15, 0.2) is 0 Å². The number of rotatable bonds is 4. The van der Waals surface area contributed by atoms with E-state index in [0.717, 1.165) is 17.8 Å². The molecule has 0 aromatic rings. The quantitative estimate of drug-likeness (QED) is 0.727. The summed E-state index contributed by atoms with van der Waals surface area (Å²) in [7, 11) is 0. The van der Waals surface area contributed by atoms with Crippen LogP contribution in [0.3, 0.4) is 0 Å². The van der Waals surface area contributed by atoms with Gasteiger partial charge in [-0.2, -0.15) is 11.8 Å². The summed E-state index contributed by atoms with van der Waals surface area (Å²) in [6, 6.07) is 1.21. The molecular formula is C10H22N2S. The van der Waals surface area contributed by atoms with E-state index >= 15 is 0 Å². The normalized spacial score (nSPS) is 31.6. The van der Waals surface area contributed by atoms with Crippen LogP contribution in [0, 0.1) is 0 Å². The van der Waals surface area contributed by atoms with Gasteiger partial charge in [0.05, 0.1) is 0 Å². The Balaban J connectivity index is 2.17. The van der Waals surface area contributed by atoms with E-state index < -0.39 is 0 Å². The molecule has 1 unspecified atom stereocenters. The number of nitrogens with two attached hydrogens (primary N) is 1. The number of hydrogen-bond donors (Lipinski definition) is 2. The van der Waals surface area contributed by atoms with Gasteiger partial charge < -0.3 is 11.1 Å². The van der Waals surface area contributed by atoms with Crippen LogP contribution in [-0.4, -0.2) is 30.1 Å². The lowest BCUT2D eigenvalue weighted by molar-refractivity contribution is 0.351. The summed E-state index contributed by atoms with van der Waals surface area (Å²) in [5.74, 6) is 0. The lowest BCUT2D eigenvalue weighted by atomic mass is 9.94. The summed E-state index contributed by atoms with van der Waals surface area (Å²) in [5.41, 5.74) is 5.58. The highest BCUT2D eigenvalue weighted by Crippen LogP contribution is 2.26. The third-order valence-corrected chi connectivity index (χ3v) is 4.02. The maximum Gasteiger partial charge on any atom is 0.0164 e. The van der Waals surface area contributed by atoms with E-state index in [1.54, 1.807) is 0 Å². The summed E-state index contributed by atoms with van der Waals surface area (Å²) in [6.45, 7) is 2.92. The molecule has 3 N–H and O–H groups in total. The van der Waals surface area contributed by atoms with Gasteiger partial charge in [-0.05, 0) is 38.9 Å². The van der Waals surface area contributed by atoms with E-state index in [0.29, 0.717) is 6.04 Å². The van der Waals surface area contributed by atoms with E-state index in [2.05, 4.69) is 18.5 Å². The molecule has 0 aromatic heterocycles. The van der Waals surface area contributed by atoms with E-state index in [4.69, 9.17) is 5.73 Å². The molecule has 13 heavy (non-hydrogen) atoms. The van der Waals surface area contributed by atoms with Gasteiger partial charge in [-0.15, -0.1) is 0 Å². The van der Waals surface area contributed by atoms with Crippen LogP contribution in [0.2, 0.25) is 0 Å². The second-order valence-electron chi connectivity index (χ2n) is 4.01. The van der Waals surface area contributed by atoms with Gasteiger partial charge in [0.1, 0.15) is 0 Å². The highest BCUT2D eigenvalue weighted by Gasteiger charge is 2.20. The largest absolute Gasteiger partial charge is 0.329 e. The number of thioether (sulfide) groups is 1. The van der Waals surface area contributed by atoms with Crippen LogP contribution < -0.4 is 11.1 Å². The van der Waals surface area contributed by atoms with E-state index in [1.165, 1.54) is 25.7 Å². The van der Waals surface area contributed by atoms with Crippen LogP contribution in [0.4, 0.5) is 0 Å².